The quantitative estimate of drug-likeness (QED) is 0.848. The van der Waals surface area contributed by atoms with Crippen molar-refractivity contribution in [3.05, 3.63) is 29.8 Å². The van der Waals surface area contributed by atoms with Gasteiger partial charge in [0.15, 0.2) is 0 Å². The monoisotopic (exact) mass is 282 g/mol. The molecule has 1 heterocycles. The molecule has 4 nitrogen and oxygen atoms in total. The third kappa shape index (κ3) is 3.16. The summed E-state index contributed by atoms with van der Waals surface area (Å²) in [6, 6.07) is 7.27. The van der Waals surface area contributed by atoms with Gasteiger partial charge < -0.3 is 4.90 Å². The first kappa shape index (κ1) is 14.5. The highest BCUT2D eigenvalue weighted by molar-refractivity contribution is 7.89. The highest BCUT2D eigenvalue weighted by atomic mass is 32.2. The number of piperazine rings is 1. The maximum Gasteiger partial charge on any atom is 0.243 e. The normalized spacial score (nSPS) is 18.9. The Morgan fingerprint density at radius 3 is 2.00 bits per heavy atom. The van der Waals surface area contributed by atoms with Gasteiger partial charge in [-0.15, -0.1) is 0 Å². The van der Waals surface area contributed by atoms with Crippen molar-refractivity contribution in [2.24, 2.45) is 0 Å². The van der Waals surface area contributed by atoms with E-state index >= 15 is 0 Å². The first-order valence-electron chi connectivity index (χ1n) is 6.70. The molecule has 1 aliphatic rings. The molecule has 19 heavy (non-hydrogen) atoms. The predicted molar refractivity (Wildman–Crippen MR) is 76.8 cm³/mol. The van der Waals surface area contributed by atoms with Crippen molar-refractivity contribution >= 4 is 10.0 Å². The van der Waals surface area contributed by atoms with Crippen molar-refractivity contribution in [2.45, 2.75) is 24.7 Å². The summed E-state index contributed by atoms with van der Waals surface area (Å²) in [5.74, 6) is 0.417. The number of benzene rings is 1. The van der Waals surface area contributed by atoms with Crippen molar-refractivity contribution < 1.29 is 8.42 Å². The predicted octanol–water partition coefficient (Wildman–Crippen LogP) is 1.75. The van der Waals surface area contributed by atoms with Crippen LogP contribution in [-0.4, -0.2) is 50.8 Å². The third-order valence-electron chi connectivity index (χ3n) is 3.65. The minimum Gasteiger partial charge on any atom is -0.304 e. The summed E-state index contributed by atoms with van der Waals surface area (Å²) in [4.78, 5) is 2.55. The van der Waals surface area contributed by atoms with Crippen LogP contribution in [-0.2, 0) is 10.0 Å². The summed E-state index contributed by atoms with van der Waals surface area (Å²) in [6.45, 7) is 6.94. The molecule has 0 unspecified atom stereocenters. The minimum absolute atomic E-state index is 0.404. The fraction of sp³-hybridized carbons (Fsp3) is 0.571. The molecule has 1 aromatic rings. The zero-order chi connectivity index (χ0) is 14.0. The van der Waals surface area contributed by atoms with Crippen LogP contribution in [0.25, 0.3) is 0 Å². The molecule has 1 aromatic carbocycles. The maximum absolute atomic E-state index is 12.5. The fourth-order valence-electron chi connectivity index (χ4n) is 2.20. The fourth-order valence-corrected chi connectivity index (χ4v) is 3.62. The van der Waals surface area contributed by atoms with Gasteiger partial charge in [-0.1, -0.05) is 26.0 Å². The van der Waals surface area contributed by atoms with E-state index in [-0.39, 0.29) is 0 Å². The van der Waals surface area contributed by atoms with Crippen LogP contribution in [0, 0.1) is 0 Å². The molecule has 106 valence electrons. The Morgan fingerprint density at radius 1 is 1.00 bits per heavy atom. The molecule has 0 bridgehead atoms. The maximum atomic E-state index is 12.5. The lowest BCUT2D eigenvalue weighted by Crippen LogP contribution is -2.46. The zero-order valence-electron chi connectivity index (χ0n) is 11.8. The van der Waals surface area contributed by atoms with E-state index < -0.39 is 10.0 Å². The van der Waals surface area contributed by atoms with E-state index in [9.17, 15) is 8.42 Å². The molecule has 5 heteroatoms. The van der Waals surface area contributed by atoms with Crippen LogP contribution in [0.1, 0.15) is 25.3 Å². The SMILES string of the molecule is CC(C)c1ccc(S(=O)(=O)N2CCN(C)CC2)cc1. The van der Waals surface area contributed by atoms with Crippen LogP contribution in [0.3, 0.4) is 0 Å². The van der Waals surface area contributed by atoms with Gasteiger partial charge in [0, 0.05) is 26.2 Å². The van der Waals surface area contributed by atoms with Crippen molar-refractivity contribution in [2.75, 3.05) is 33.2 Å². The first-order valence-corrected chi connectivity index (χ1v) is 8.14. The molecular formula is C14H22N2O2S. The Kier molecular flexibility index (Phi) is 4.28. The Morgan fingerprint density at radius 2 is 1.53 bits per heavy atom. The van der Waals surface area contributed by atoms with Gasteiger partial charge in [0.25, 0.3) is 0 Å². The highest BCUT2D eigenvalue weighted by Crippen LogP contribution is 2.20. The number of rotatable bonds is 3. The molecule has 0 aliphatic carbocycles. The van der Waals surface area contributed by atoms with E-state index in [0.29, 0.717) is 23.9 Å². The second-order valence-electron chi connectivity index (χ2n) is 5.43. The molecule has 1 aliphatic heterocycles. The van der Waals surface area contributed by atoms with E-state index in [0.717, 1.165) is 18.7 Å². The van der Waals surface area contributed by atoms with Crippen LogP contribution < -0.4 is 0 Å². The van der Waals surface area contributed by atoms with Gasteiger partial charge in [0.1, 0.15) is 0 Å². The summed E-state index contributed by atoms with van der Waals surface area (Å²) in [5.41, 5.74) is 1.16. The van der Waals surface area contributed by atoms with Gasteiger partial charge in [-0.05, 0) is 30.7 Å². The molecule has 1 saturated heterocycles. The van der Waals surface area contributed by atoms with Crippen LogP contribution in [0.2, 0.25) is 0 Å². The average molecular weight is 282 g/mol. The van der Waals surface area contributed by atoms with E-state index in [1.165, 1.54) is 0 Å². The van der Waals surface area contributed by atoms with Gasteiger partial charge in [-0.3, -0.25) is 0 Å². The van der Waals surface area contributed by atoms with Crippen molar-refractivity contribution in [3.8, 4) is 0 Å². The van der Waals surface area contributed by atoms with Gasteiger partial charge in [0.05, 0.1) is 4.90 Å². The van der Waals surface area contributed by atoms with Crippen molar-refractivity contribution in [1.29, 1.82) is 0 Å². The smallest absolute Gasteiger partial charge is 0.243 e. The van der Waals surface area contributed by atoms with Gasteiger partial charge in [0.2, 0.25) is 10.0 Å². The topological polar surface area (TPSA) is 40.6 Å². The standard InChI is InChI=1S/C14H22N2O2S/c1-12(2)13-4-6-14(7-5-13)19(17,18)16-10-8-15(3)9-11-16/h4-7,12H,8-11H2,1-3H3. The molecular weight excluding hydrogens is 260 g/mol. The van der Waals surface area contributed by atoms with E-state index in [2.05, 4.69) is 18.7 Å². The molecule has 1 fully saturated rings. The Hall–Kier alpha value is -0.910. The Labute approximate surface area is 116 Å². The molecule has 2 rings (SSSR count). The molecule has 0 aromatic heterocycles. The first-order chi connectivity index (χ1) is 8.91. The summed E-state index contributed by atoms with van der Waals surface area (Å²) < 4.78 is 26.5. The zero-order valence-corrected chi connectivity index (χ0v) is 12.7. The second kappa shape index (κ2) is 5.61. The largest absolute Gasteiger partial charge is 0.304 e. The molecule has 0 radical (unpaired) electrons. The number of likely N-dealkylation sites (N-methyl/N-ethyl adjacent to an activating group) is 1. The lowest BCUT2D eigenvalue weighted by atomic mass is 10.0. The van der Waals surface area contributed by atoms with Crippen LogP contribution in [0.5, 0.6) is 0 Å². The minimum atomic E-state index is -3.32. The lowest BCUT2D eigenvalue weighted by molar-refractivity contribution is 0.222. The summed E-state index contributed by atoms with van der Waals surface area (Å²) >= 11 is 0. The average Bonchev–Trinajstić information content (AvgIpc) is 2.39. The number of nitrogens with zero attached hydrogens (tertiary/aromatic N) is 2. The number of hydrogen-bond donors (Lipinski definition) is 0. The summed E-state index contributed by atoms with van der Waals surface area (Å²) in [7, 11) is -1.31. The molecule has 0 spiro atoms. The molecule has 0 amide bonds. The van der Waals surface area contributed by atoms with Gasteiger partial charge >= 0.3 is 0 Å². The van der Waals surface area contributed by atoms with E-state index in [4.69, 9.17) is 0 Å². The van der Waals surface area contributed by atoms with Crippen LogP contribution in [0.15, 0.2) is 29.2 Å². The summed E-state index contributed by atoms with van der Waals surface area (Å²) in [5, 5.41) is 0. The van der Waals surface area contributed by atoms with Gasteiger partial charge in [-0.25, -0.2) is 8.42 Å². The number of hydrogen-bond acceptors (Lipinski definition) is 3. The molecule has 0 saturated carbocycles. The second-order valence-corrected chi connectivity index (χ2v) is 7.37. The van der Waals surface area contributed by atoms with Crippen molar-refractivity contribution in [1.82, 2.24) is 9.21 Å². The van der Waals surface area contributed by atoms with Crippen molar-refractivity contribution in [3.63, 3.8) is 0 Å². The van der Waals surface area contributed by atoms with E-state index in [1.54, 1.807) is 16.4 Å². The third-order valence-corrected chi connectivity index (χ3v) is 5.56. The molecule has 0 N–H and O–H groups in total. The number of sulfonamides is 1. The lowest BCUT2D eigenvalue weighted by Gasteiger charge is -2.31. The van der Waals surface area contributed by atoms with E-state index in [1.807, 2.05) is 19.2 Å². The Balaban J connectivity index is 2.19. The Bertz CT molecular complexity index is 515. The van der Waals surface area contributed by atoms with Crippen LogP contribution in [0.4, 0.5) is 0 Å². The summed E-state index contributed by atoms with van der Waals surface area (Å²) in [6.07, 6.45) is 0. The van der Waals surface area contributed by atoms with Gasteiger partial charge in [-0.2, -0.15) is 4.31 Å². The highest BCUT2D eigenvalue weighted by Gasteiger charge is 2.27. The molecule has 0 atom stereocenters. The van der Waals surface area contributed by atoms with Crippen LogP contribution >= 0.6 is 0 Å².